The Balaban J connectivity index is 1.47. The smallest absolute Gasteiger partial charge is 0.321 e. The first-order valence-corrected chi connectivity index (χ1v) is 8.64. The van der Waals surface area contributed by atoms with Crippen molar-refractivity contribution in [3.63, 3.8) is 0 Å². The molecule has 1 saturated heterocycles. The van der Waals surface area contributed by atoms with Crippen LogP contribution in [0.15, 0.2) is 5.38 Å². The van der Waals surface area contributed by atoms with Gasteiger partial charge in [0.1, 0.15) is 5.82 Å². The van der Waals surface area contributed by atoms with Gasteiger partial charge < -0.3 is 14.6 Å². The monoisotopic (exact) mass is 351 g/mol. The van der Waals surface area contributed by atoms with Crippen LogP contribution >= 0.6 is 11.3 Å². The quantitative estimate of drug-likeness (QED) is 0.824. The number of rotatable bonds is 5. The molecule has 9 nitrogen and oxygen atoms in total. The number of ether oxygens (including phenoxy) is 1. The minimum Gasteiger partial charge on any atom is -0.379 e. The molecule has 3 heterocycles. The second kappa shape index (κ2) is 7.69. The number of hydrogen-bond donors (Lipinski definition) is 2. The van der Waals surface area contributed by atoms with E-state index in [1.807, 2.05) is 23.9 Å². The maximum Gasteiger partial charge on any atom is 0.321 e. The fourth-order valence-corrected chi connectivity index (χ4v) is 3.03. The Hall–Kier alpha value is -2.04. The average Bonchev–Trinajstić information content (AvgIpc) is 3.14. The van der Waals surface area contributed by atoms with Gasteiger partial charge in [-0.25, -0.2) is 9.78 Å². The van der Waals surface area contributed by atoms with Crippen molar-refractivity contribution >= 4 is 22.5 Å². The predicted molar refractivity (Wildman–Crippen MR) is 89.8 cm³/mol. The first-order chi connectivity index (χ1) is 11.6. The molecule has 0 aromatic carbocycles. The van der Waals surface area contributed by atoms with Crippen molar-refractivity contribution in [1.29, 1.82) is 0 Å². The summed E-state index contributed by atoms with van der Waals surface area (Å²) in [5, 5.41) is 16.0. The van der Waals surface area contributed by atoms with Crippen LogP contribution in [0.25, 0.3) is 0 Å². The van der Waals surface area contributed by atoms with Gasteiger partial charge in [0, 0.05) is 32.1 Å². The highest BCUT2D eigenvalue weighted by atomic mass is 32.1. The van der Waals surface area contributed by atoms with Crippen molar-refractivity contribution in [2.24, 2.45) is 7.05 Å². The second-order valence-corrected chi connectivity index (χ2v) is 6.42. The molecule has 1 aliphatic heterocycles. The maximum absolute atomic E-state index is 12.0. The van der Waals surface area contributed by atoms with E-state index in [0.717, 1.165) is 44.4 Å². The summed E-state index contributed by atoms with van der Waals surface area (Å²) >= 11 is 1.42. The first kappa shape index (κ1) is 16.8. The van der Waals surface area contributed by atoms with Crippen LogP contribution in [-0.4, -0.2) is 57.0 Å². The molecule has 2 aromatic heterocycles. The molecule has 1 fully saturated rings. The third kappa shape index (κ3) is 4.28. The molecular weight excluding hydrogens is 330 g/mol. The summed E-state index contributed by atoms with van der Waals surface area (Å²) in [4.78, 5) is 18.7. The number of carbonyl (C=O) groups excluding carboxylic acids is 1. The Kier molecular flexibility index (Phi) is 5.38. The third-order valence-electron chi connectivity index (χ3n) is 3.85. The molecule has 130 valence electrons. The van der Waals surface area contributed by atoms with Crippen molar-refractivity contribution in [3.05, 3.63) is 22.7 Å². The minimum atomic E-state index is -0.303. The van der Waals surface area contributed by atoms with Gasteiger partial charge in [0.15, 0.2) is 11.0 Å². The fraction of sp³-hybridized carbons (Fsp3) is 0.571. The molecule has 0 aliphatic carbocycles. The largest absolute Gasteiger partial charge is 0.379 e. The molecule has 0 atom stereocenters. The van der Waals surface area contributed by atoms with E-state index in [4.69, 9.17) is 4.74 Å². The minimum absolute atomic E-state index is 0.303. The van der Waals surface area contributed by atoms with Gasteiger partial charge in [-0.05, 0) is 6.92 Å². The fourth-order valence-electron chi connectivity index (χ4n) is 2.33. The van der Waals surface area contributed by atoms with Crippen LogP contribution in [0.5, 0.6) is 0 Å². The third-order valence-corrected chi connectivity index (χ3v) is 4.66. The summed E-state index contributed by atoms with van der Waals surface area (Å²) in [5.74, 6) is 1.51. The zero-order chi connectivity index (χ0) is 16.9. The summed E-state index contributed by atoms with van der Waals surface area (Å²) in [7, 11) is 1.86. The number of nitrogens with zero attached hydrogens (tertiary/aromatic N) is 5. The van der Waals surface area contributed by atoms with Gasteiger partial charge in [0.2, 0.25) is 0 Å². The Labute approximate surface area is 144 Å². The molecule has 2 aromatic rings. The summed E-state index contributed by atoms with van der Waals surface area (Å²) in [6.07, 6.45) is 0. The van der Waals surface area contributed by atoms with Gasteiger partial charge in [-0.1, -0.05) is 0 Å². The van der Waals surface area contributed by atoms with Gasteiger partial charge in [0.25, 0.3) is 0 Å². The molecule has 0 unspecified atom stereocenters. The molecular formula is C14H21N7O2S. The van der Waals surface area contributed by atoms with Crippen molar-refractivity contribution in [1.82, 2.24) is 30.0 Å². The lowest BCUT2D eigenvalue weighted by Gasteiger charge is -2.25. The molecule has 2 N–H and O–H groups in total. The summed E-state index contributed by atoms with van der Waals surface area (Å²) < 4.78 is 7.17. The number of carbonyl (C=O) groups is 1. The molecule has 0 saturated carbocycles. The topological polar surface area (TPSA) is 97.2 Å². The van der Waals surface area contributed by atoms with E-state index in [2.05, 4.69) is 30.7 Å². The van der Waals surface area contributed by atoms with E-state index < -0.39 is 0 Å². The number of hydrogen-bond acceptors (Lipinski definition) is 7. The molecule has 0 radical (unpaired) electrons. The van der Waals surface area contributed by atoms with Crippen LogP contribution in [0.4, 0.5) is 9.93 Å². The number of amides is 2. The molecule has 24 heavy (non-hydrogen) atoms. The first-order valence-electron chi connectivity index (χ1n) is 7.76. The Morgan fingerprint density at radius 2 is 2.17 bits per heavy atom. The van der Waals surface area contributed by atoms with Gasteiger partial charge in [-0.15, -0.1) is 21.5 Å². The highest BCUT2D eigenvalue weighted by molar-refractivity contribution is 7.13. The van der Waals surface area contributed by atoms with E-state index in [1.54, 1.807) is 0 Å². The van der Waals surface area contributed by atoms with Crippen molar-refractivity contribution in [2.45, 2.75) is 20.0 Å². The lowest BCUT2D eigenvalue weighted by atomic mass is 10.4. The van der Waals surface area contributed by atoms with E-state index in [1.165, 1.54) is 11.3 Å². The van der Waals surface area contributed by atoms with E-state index >= 15 is 0 Å². The van der Waals surface area contributed by atoms with Crippen LogP contribution in [-0.2, 0) is 24.9 Å². The lowest BCUT2D eigenvalue weighted by molar-refractivity contribution is 0.0337. The van der Waals surface area contributed by atoms with Gasteiger partial charge >= 0.3 is 6.03 Å². The number of anilines is 1. The number of thiazole rings is 1. The number of aryl methyl sites for hydroxylation is 1. The van der Waals surface area contributed by atoms with E-state index in [9.17, 15) is 4.79 Å². The maximum atomic E-state index is 12.0. The zero-order valence-corrected chi connectivity index (χ0v) is 14.6. The van der Waals surface area contributed by atoms with Gasteiger partial charge in [-0.3, -0.25) is 10.2 Å². The van der Waals surface area contributed by atoms with Crippen molar-refractivity contribution < 1.29 is 9.53 Å². The van der Waals surface area contributed by atoms with Crippen LogP contribution in [0, 0.1) is 6.92 Å². The summed E-state index contributed by atoms with van der Waals surface area (Å²) in [5.41, 5.74) is 0.959. The van der Waals surface area contributed by atoms with Crippen molar-refractivity contribution in [3.8, 4) is 0 Å². The van der Waals surface area contributed by atoms with Crippen molar-refractivity contribution in [2.75, 3.05) is 31.6 Å². The standard InChI is InChI=1S/C14H21N7O2S/c1-10-18-19-12(20(10)2)7-15-13(22)17-14-16-11(9-24-14)8-21-3-5-23-6-4-21/h9H,3-8H2,1-2H3,(H2,15,16,17,22). The van der Waals surface area contributed by atoms with E-state index in [-0.39, 0.29) is 6.03 Å². The van der Waals surface area contributed by atoms with E-state index in [0.29, 0.717) is 17.5 Å². The SMILES string of the molecule is Cc1nnc(CNC(=O)Nc2nc(CN3CCOCC3)cs2)n1C. The number of urea groups is 1. The molecule has 0 spiro atoms. The molecule has 0 bridgehead atoms. The Morgan fingerprint density at radius 1 is 1.38 bits per heavy atom. The Morgan fingerprint density at radius 3 is 2.88 bits per heavy atom. The molecule has 2 amide bonds. The highest BCUT2D eigenvalue weighted by Gasteiger charge is 2.13. The van der Waals surface area contributed by atoms with Crippen LogP contribution in [0.2, 0.25) is 0 Å². The van der Waals surface area contributed by atoms with Crippen LogP contribution in [0.1, 0.15) is 17.3 Å². The number of nitrogens with one attached hydrogen (secondary N) is 2. The summed E-state index contributed by atoms with van der Waals surface area (Å²) in [6, 6.07) is -0.303. The molecule has 1 aliphatic rings. The van der Waals surface area contributed by atoms with Gasteiger partial charge in [-0.2, -0.15) is 0 Å². The highest BCUT2D eigenvalue weighted by Crippen LogP contribution is 2.17. The normalized spacial score (nSPS) is 15.4. The Bertz CT molecular complexity index is 693. The summed E-state index contributed by atoms with van der Waals surface area (Å²) in [6.45, 7) is 6.31. The molecule has 3 rings (SSSR count). The van der Waals surface area contributed by atoms with Gasteiger partial charge in [0.05, 0.1) is 25.5 Å². The lowest BCUT2D eigenvalue weighted by Crippen LogP contribution is -2.35. The zero-order valence-electron chi connectivity index (χ0n) is 13.8. The van der Waals surface area contributed by atoms with Crippen LogP contribution in [0.3, 0.4) is 0 Å². The predicted octanol–water partition coefficient (Wildman–Crippen LogP) is 0.734. The number of morpholine rings is 1. The van der Waals surface area contributed by atoms with Crippen LogP contribution < -0.4 is 10.6 Å². The average molecular weight is 351 g/mol. The second-order valence-electron chi connectivity index (χ2n) is 5.56. The molecule has 10 heteroatoms. The number of aromatic nitrogens is 4.